The lowest BCUT2D eigenvalue weighted by Gasteiger charge is -2.40. The van der Waals surface area contributed by atoms with Gasteiger partial charge < -0.3 is 0 Å². The van der Waals surface area contributed by atoms with E-state index in [1.807, 2.05) is 0 Å². The quantitative estimate of drug-likeness (QED) is 0.514. The van der Waals surface area contributed by atoms with E-state index in [0.29, 0.717) is 0 Å². The zero-order chi connectivity index (χ0) is 19.3. The monoisotopic (exact) mass is 380 g/mol. The molecule has 140 valence electrons. The summed E-state index contributed by atoms with van der Waals surface area (Å²) in [6.07, 6.45) is -7.93. The van der Waals surface area contributed by atoms with Gasteiger partial charge in [-0.25, -0.2) is 8.78 Å². The number of alkyl halides is 14. The second kappa shape index (κ2) is 5.53. The van der Waals surface area contributed by atoms with Crippen molar-refractivity contribution < 1.29 is 61.5 Å². The van der Waals surface area contributed by atoms with Gasteiger partial charge in [0.2, 0.25) is 0 Å². The van der Waals surface area contributed by atoms with E-state index in [9.17, 15) is 61.5 Å². The van der Waals surface area contributed by atoms with Gasteiger partial charge in [-0.1, -0.05) is 6.92 Å². The molecular formula is C9H6F14. The minimum atomic E-state index is -7.93. The first-order valence-electron chi connectivity index (χ1n) is 5.30. The Morgan fingerprint density at radius 2 is 0.870 bits per heavy atom. The number of rotatable bonds is 7. The first-order valence-corrected chi connectivity index (χ1v) is 5.30. The molecule has 0 fully saturated rings. The van der Waals surface area contributed by atoms with Gasteiger partial charge in [-0.15, -0.1) is 0 Å². The Bertz CT molecular complexity index is 422. The lowest BCUT2D eigenvalue weighted by molar-refractivity contribution is -0.432. The third-order valence-corrected chi connectivity index (χ3v) is 2.78. The Hall–Kier alpha value is -0.980. The molecule has 0 atom stereocenters. The maximum Gasteiger partial charge on any atom is 0.384 e. The number of hydrogen-bond donors (Lipinski definition) is 0. The summed E-state index contributed by atoms with van der Waals surface area (Å²) in [6, 6.07) is 0. The number of halogens is 14. The fourth-order valence-electron chi connectivity index (χ4n) is 1.19. The molecule has 0 amide bonds. The van der Waals surface area contributed by atoms with Crippen LogP contribution in [0.15, 0.2) is 0 Å². The Labute approximate surface area is 118 Å². The summed E-state index contributed by atoms with van der Waals surface area (Å²) in [5.74, 6) is -43.9. The van der Waals surface area contributed by atoms with Crippen LogP contribution in [-0.4, -0.2) is 42.0 Å². The van der Waals surface area contributed by atoms with E-state index in [4.69, 9.17) is 0 Å². The first-order chi connectivity index (χ1) is 9.75. The smallest absolute Gasteiger partial charge is 0.203 e. The molecule has 14 heteroatoms. The molecule has 23 heavy (non-hydrogen) atoms. The van der Waals surface area contributed by atoms with Crippen LogP contribution in [0.3, 0.4) is 0 Å². The van der Waals surface area contributed by atoms with Crippen LogP contribution in [0.4, 0.5) is 61.5 Å². The lowest BCUT2D eigenvalue weighted by Crippen LogP contribution is -2.71. The number of hydrogen-bond acceptors (Lipinski definition) is 0. The standard InChI is InChI=1S/C9H6F14/c1-2-4(12,13)6(16,17)8(20,21)9(22,23)7(18,19)5(14,15)3(10)11/h3H,2H2,1H3. The molecule has 0 unspecified atom stereocenters. The van der Waals surface area contributed by atoms with Gasteiger partial charge in [-0.2, -0.15) is 52.7 Å². The van der Waals surface area contributed by atoms with Crippen LogP contribution < -0.4 is 0 Å². The third kappa shape index (κ3) is 2.71. The van der Waals surface area contributed by atoms with Crippen LogP contribution in [0, 0.1) is 0 Å². The van der Waals surface area contributed by atoms with Crippen molar-refractivity contribution in [3.63, 3.8) is 0 Å². The molecule has 0 aromatic rings. The summed E-state index contributed by atoms with van der Waals surface area (Å²) >= 11 is 0. The van der Waals surface area contributed by atoms with Gasteiger partial charge in [0.15, 0.2) is 0 Å². The highest BCUT2D eigenvalue weighted by molar-refractivity contribution is 5.11. The summed E-state index contributed by atoms with van der Waals surface area (Å²) < 4.78 is 176. The molecule has 0 aliphatic carbocycles. The second-order valence-electron chi connectivity index (χ2n) is 4.28. The predicted molar refractivity (Wildman–Crippen MR) is 46.0 cm³/mol. The maximum atomic E-state index is 12.9. The Balaban J connectivity index is 6.29. The van der Waals surface area contributed by atoms with E-state index in [1.54, 1.807) is 0 Å². The van der Waals surface area contributed by atoms with Crippen molar-refractivity contribution >= 4 is 0 Å². The minimum Gasteiger partial charge on any atom is -0.203 e. The van der Waals surface area contributed by atoms with Crippen molar-refractivity contribution in [2.45, 2.75) is 55.3 Å². The van der Waals surface area contributed by atoms with Crippen molar-refractivity contribution in [1.29, 1.82) is 0 Å². The second-order valence-corrected chi connectivity index (χ2v) is 4.28. The normalized spacial score (nSPS) is 16.2. The topological polar surface area (TPSA) is 0 Å². The van der Waals surface area contributed by atoms with E-state index < -0.39 is 48.4 Å². The molecule has 0 saturated heterocycles. The molecule has 0 aliphatic rings. The summed E-state index contributed by atoms with van der Waals surface area (Å²) in [7, 11) is 0. The summed E-state index contributed by atoms with van der Waals surface area (Å²) in [5.41, 5.74) is 0. The van der Waals surface area contributed by atoms with Gasteiger partial charge in [-0.3, -0.25) is 0 Å². The molecule has 0 bridgehead atoms. The van der Waals surface area contributed by atoms with Crippen LogP contribution in [-0.2, 0) is 0 Å². The summed E-state index contributed by atoms with van der Waals surface area (Å²) in [6.45, 7) is 0.0774. The molecule has 0 saturated carbocycles. The van der Waals surface area contributed by atoms with Gasteiger partial charge in [0, 0.05) is 6.42 Å². The fraction of sp³-hybridized carbons (Fsp3) is 1.00. The predicted octanol–water partition coefficient (Wildman–Crippen LogP) is 5.47. The summed E-state index contributed by atoms with van der Waals surface area (Å²) in [5, 5.41) is 0. The van der Waals surface area contributed by atoms with Crippen LogP contribution in [0.2, 0.25) is 0 Å². The highest BCUT2D eigenvalue weighted by Crippen LogP contribution is 2.61. The van der Waals surface area contributed by atoms with Crippen molar-refractivity contribution in [3.8, 4) is 0 Å². The van der Waals surface area contributed by atoms with Crippen molar-refractivity contribution in [2.24, 2.45) is 0 Å². The van der Waals surface area contributed by atoms with Crippen LogP contribution >= 0.6 is 0 Å². The fourth-order valence-corrected chi connectivity index (χ4v) is 1.19. The van der Waals surface area contributed by atoms with Crippen LogP contribution in [0.25, 0.3) is 0 Å². The van der Waals surface area contributed by atoms with Gasteiger partial charge >= 0.3 is 42.0 Å². The van der Waals surface area contributed by atoms with E-state index in [1.165, 1.54) is 0 Å². The highest BCUT2D eigenvalue weighted by atomic mass is 19.4. The molecule has 0 N–H and O–H groups in total. The largest absolute Gasteiger partial charge is 0.384 e. The Morgan fingerprint density at radius 3 is 1.13 bits per heavy atom. The van der Waals surface area contributed by atoms with Crippen LogP contribution in [0.5, 0.6) is 0 Å². The van der Waals surface area contributed by atoms with Crippen molar-refractivity contribution in [3.05, 3.63) is 0 Å². The molecule has 0 spiro atoms. The zero-order valence-electron chi connectivity index (χ0n) is 10.6. The average molecular weight is 380 g/mol. The molecular weight excluding hydrogens is 374 g/mol. The third-order valence-electron chi connectivity index (χ3n) is 2.78. The molecule has 0 aromatic carbocycles. The Morgan fingerprint density at radius 1 is 0.565 bits per heavy atom. The SMILES string of the molecule is CCC(F)(F)C(F)(F)C(F)(F)C(F)(F)C(F)(F)C(F)(F)C(F)F. The molecule has 0 aliphatic heterocycles. The van der Waals surface area contributed by atoms with Gasteiger partial charge in [-0.05, 0) is 0 Å². The van der Waals surface area contributed by atoms with Gasteiger partial charge in [0.1, 0.15) is 0 Å². The molecule has 0 heterocycles. The van der Waals surface area contributed by atoms with Crippen molar-refractivity contribution in [1.82, 2.24) is 0 Å². The maximum absolute atomic E-state index is 12.9. The van der Waals surface area contributed by atoms with Gasteiger partial charge in [0.05, 0.1) is 0 Å². The van der Waals surface area contributed by atoms with E-state index in [-0.39, 0.29) is 6.92 Å². The van der Waals surface area contributed by atoms with E-state index in [0.717, 1.165) is 0 Å². The first kappa shape index (κ1) is 22.0. The molecule has 0 aromatic heterocycles. The summed E-state index contributed by atoms with van der Waals surface area (Å²) in [4.78, 5) is 0. The van der Waals surface area contributed by atoms with Gasteiger partial charge in [0.25, 0.3) is 0 Å². The molecule has 0 nitrogen and oxygen atoms in total. The minimum absolute atomic E-state index is 0.0774. The average Bonchev–Trinajstić information content (AvgIpc) is 2.37. The van der Waals surface area contributed by atoms with E-state index in [2.05, 4.69) is 0 Å². The van der Waals surface area contributed by atoms with Crippen LogP contribution in [0.1, 0.15) is 13.3 Å². The molecule has 0 radical (unpaired) electrons. The Kier molecular flexibility index (Phi) is 5.30. The molecule has 0 rings (SSSR count). The lowest BCUT2D eigenvalue weighted by atomic mass is 9.90. The highest BCUT2D eigenvalue weighted by Gasteiger charge is 2.90. The van der Waals surface area contributed by atoms with E-state index >= 15 is 0 Å². The zero-order valence-corrected chi connectivity index (χ0v) is 10.6. The van der Waals surface area contributed by atoms with Crippen molar-refractivity contribution in [2.75, 3.05) is 0 Å².